The van der Waals surface area contributed by atoms with E-state index in [9.17, 15) is 8.42 Å². The van der Waals surface area contributed by atoms with Crippen LogP contribution < -0.4 is 10.5 Å². The molecule has 2 unspecified atom stereocenters. The van der Waals surface area contributed by atoms with Crippen LogP contribution in [0.2, 0.25) is 0 Å². The van der Waals surface area contributed by atoms with Crippen LogP contribution in [-0.2, 0) is 10.0 Å². The topological polar surface area (TPSA) is 72.2 Å². The van der Waals surface area contributed by atoms with E-state index in [-0.39, 0.29) is 17.0 Å². The first-order chi connectivity index (χ1) is 8.90. The van der Waals surface area contributed by atoms with Gasteiger partial charge in [0.2, 0.25) is 10.0 Å². The normalized spacial score (nSPS) is 15.2. The summed E-state index contributed by atoms with van der Waals surface area (Å²) in [6.07, 6.45) is 2.56. The van der Waals surface area contributed by atoms with Crippen LogP contribution in [0.5, 0.6) is 0 Å². The summed E-state index contributed by atoms with van der Waals surface area (Å²) >= 11 is 0. The van der Waals surface area contributed by atoms with Gasteiger partial charge in [0.1, 0.15) is 0 Å². The van der Waals surface area contributed by atoms with Crippen molar-refractivity contribution in [2.24, 2.45) is 5.73 Å². The highest BCUT2D eigenvalue weighted by Crippen LogP contribution is 2.18. The lowest BCUT2D eigenvalue weighted by molar-refractivity contribution is 0.543. The molecule has 0 heterocycles. The summed E-state index contributed by atoms with van der Waals surface area (Å²) in [5.74, 6) is 0. The second-order valence-corrected chi connectivity index (χ2v) is 6.61. The molecule has 108 valence electrons. The summed E-state index contributed by atoms with van der Waals surface area (Å²) in [6.45, 7) is 5.89. The Bertz CT molecular complexity index is 500. The fourth-order valence-electron chi connectivity index (χ4n) is 1.97. The standard InChI is InChI=1S/C14H24N2O2S/c1-4-7-11(3)16-19(17,18)13-9-6-8-12(10-13)14(15)5-2/h6,8-11,14,16H,4-5,7,15H2,1-3H3. The summed E-state index contributed by atoms with van der Waals surface area (Å²) in [5, 5.41) is 0. The maximum absolute atomic E-state index is 12.2. The molecule has 19 heavy (non-hydrogen) atoms. The SMILES string of the molecule is CCCC(C)NS(=O)(=O)c1cccc(C(N)CC)c1. The summed E-state index contributed by atoms with van der Waals surface area (Å²) in [7, 11) is -3.45. The number of benzene rings is 1. The van der Waals surface area contributed by atoms with Crippen molar-refractivity contribution in [3.8, 4) is 0 Å². The molecule has 3 N–H and O–H groups in total. The highest BCUT2D eigenvalue weighted by Gasteiger charge is 2.18. The highest BCUT2D eigenvalue weighted by molar-refractivity contribution is 7.89. The van der Waals surface area contributed by atoms with Crippen molar-refractivity contribution in [2.45, 2.75) is 57.0 Å². The van der Waals surface area contributed by atoms with Gasteiger partial charge in [0.15, 0.2) is 0 Å². The zero-order valence-corrected chi connectivity index (χ0v) is 12.7. The van der Waals surface area contributed by atoms with E-state index in [0.717, 1.165) is 24.8 Å². The molecule has 0 aliphatic rings. The van der Waals surface area contributed by atoms with Gasteiger partial charge in [0.25, 0.3) is 0 Å². The molecule has 0 radical (unpaired) electrons. The maximum atomic E-state index is 12.2. The van der Waals surface area contributed by atoms with Crippen molar-refractivity contribution in [3.05, 3.63) is 29.8 Å². The van der Waals surface area contributed by atoms with Gasteiger partial charge in [-0.1, -0.05) is 32.4 Å². The second-order valence-electron chi connectivity index (χ2n) is 4.90. The minimum Gasteiger partial charge on any atom is -0.324 e. The molecule has 1 aromatic rings. The van der Waals surface area contributed by atoms with Gasteiger partial charge in [-0.2, -0.15) is 0 Å². The lowest BCUT2D eigenvalue weighted by atomic mass is 10.1. The van der Waals surface area contributed by atoms with E-state index in [2.05, 4.69) is 4.72 Å². The van der Waals surface area contributed by atoms with E-state index in [1.165, 1.54) is 0 Å². The van der Waals surface area contributed by atoms with Crippen LogP contribution in [0, 0.1) is 0 Å². The van der Waals surface area contributed by atoms with Crippen molar-refractivity contribution in [1.29, 1.82) is 0 Å². The Morgan fingerprint density at radius 3 is 2.58 bits per heavy atom. The predicted octanol–water partition coefficient (Wildman–Crippen LogP) is 2.56. The second kappa shape index (κ2) is 7.03. The Hall–Kier alpha value is -0.910. The molecule has 0 aromatic heterocycles. The number of nitrogens with two attached hydrogens (primary N) is 1. The Labute approximate surface area is 116 Å². The average molecular weight is 284 g/mol. The smallest absolute Gasteiger partial charge is 0.240 e. The largest absolute Gasteiger partial charge is 0.324 e. The lowest BCUT2D eigenvalue weighted by Crippen LogP contribution is -2.32. The molecule has 5 heteroatoms. The van der Waals surface area contributed by atoms with Crippen molar-refractivity contribution >= 4 is 10.0 Å². The molecule has 1 aromatic carbocycles. The Balaban J connectivity index is 2.95. The zero-order valence-electron chi connectivity index (χ0n) is 11.9. The zero-order chi connectivity index (χ0) is 14.5. The molecule has 0 aliphatic carbocycles. The number of sulfonamides is 1. The van der Waals surface area contributed by atoms with Crippen LogP contribution in [0.3, 0.4) is 0 Å². The summed E-state index contributed by atoms with van der Waals surface area (Å²) in [6, 6.07) is 6.69. The predicted molar refractivity (Wildman–Crippen MR) is 78.4 cm³/mol. The summed E-state index contributed by atoms with van der Waals surface area (Å²) < 4.78 is 27.1. The van der Waals surface area contributed by atoms with Crippen LogP contribution in [0.4, 0.5) is 0 Å². The number of hydrogen-bond donors (Lipinski definition) is 2. The minimum absolute atomic E-state index is 0.0569. The number of rotatable bonds is 7. The molecule has 0 aliphatic heterocycles. The highest BCUT2D eigenvalue weighted by atomic mass is 32.2. The summed E-state index contributed by atoms with van der Waals surface area (Å²) in [4.78, 5) is 0.289. The first-order valence-corrected chi connectivity index (χ1v) is 8.26. The summed E-state index contributed by atoms with van der Waals surface area (Å²) in [5.41, 5.74) is 6.80. The van der Waals surface area contributed by atoms with Crippen LogP contribution in [-0.4, -0.2) is 14.5 Å². The van der Waals surface area contributed by atoms with E-state index in [1.54, 1.807) is 18.2 Å². The van der Waals surface area contributed by atoms with Crippen LogP contribution in [0.15, 0.2) is 29.2 Å². The van der Waals surface area contributed by atoms with Crippen LogP contribution in [0.25, 0.3) is 0 Å². The first-order valence-electron chi connectivity index (χ1n) is 6.78. The molecule has 2 atom stereocenters. The fraction of sp³-hybridized carbons (Fsp3) is 0.571. The molecular formula is C14H24N2O2S. The van der Waals surface area contributed by atoms with E-state index in [0.29, 0.717) is 0 Å². The van der Waals surface area contributed by atoms with Gasteiger partial charge in [-0.15, -0.1) is 0 Å². The van der Waals surface area contributed by atoms with E-state index in [1.807, 2.05) is 26.8 Å². The third-order valence-electron chi connectivity index (χ3n) is 3.11. The molecule has 0 amide bonds. The van der Waals surface area contributed by atoms with Gasteiger partial charge in [-0.3, -0.25) is 0 Å². The monoisotopic (exact) mass is 284 g/mol. The Morgan fingerprint density at radius 2 is 2.00 bits per heavy atom. The van der Waals surface area contributed by atoms with Gasteiger partial charge in [0.05, 0.1) is 4.90 Å². The van der Waals surface area contributed by atoms with Gasteiger partial charge >= 0.3 is 0 Å². The third kappa shape index (κ3) is 4.60. The van der Waals surface area contributed by atoms with Crippen molar-refractivity contribution in [2.75, 3.05) is 0 Å². The Morgan fingerprint density at radius 1 is 1.32 bits per heavy atom. The molecule has 1 rings (SSSR count). The molecule has 4 nitrogen and oxygen atoms in total. The lowest BCUT2D eigenvalue weighted by Gasteiger charge is -2.15. The van der Waals surface area contributed by atoms with E-state index < -0.39 is 10.0 Å². The van der Waals surface area contributed by atoms with E-state index >= 15 is 0 Å². The fourth-order valence-corrected chi connectivity index (χ4v) is 3.31. The van der Waals surface area contributed by atoms with Gasteiger partial charge in [0, 0.05) is 12.1 Å². The van der Waals surface area contributed by atoms with Crippen LogP contribution in [0.1, 0.15) is 51.6 Å². The number of nitrogens with one attached hydrogen (secondary N) is 1. The molecular weight excluding hydrogens is 260 g/mol. The molecule has 0 saturated carbocycles. The first kappa shape index (κ1) is 16.1. The maximum Gasteiger partial charge on any atom is 0.240 e. The van der Waals surface area contributed by atoms with Crippen molar-refractivity contribution in [3.63, 3.8) is 0 Å². The van der Waals surface area contributed by atoms with E-state index in [4.69, 9.17) is 5.73 Å². The van der Waals surface area contributed by atoms with Gasteiger partial charge in [-0.05, 0) is 37.5 Å². The minimum atomic E-state index is -3.45. The molecule has 0 bridgehead atoms. The van der Waals surface area contributed by atoms with Crippen LogP contribution >= 0.6 is 0 Å². The molecule has 0 fully saturated rings. The molecule has 0 saturated heterocycles. The van der Waals surface area contributed by atoms with Crippen molar-refractivity contribution in [1.82, 2.24) is 4.72 Å². The van der Waals surface area contributed by atoms with Gasteiger partial charge in [-0.25, -0.2) is 13.1 Å². The third-order valence-corrected chi connectivity index (χ3v) is 4.70. The Kier molecular flexibility index (Phi) is 5.97. The van der Waals surface area contributed by atoms with Crippen molar-refractivity contribution < 1.29 is 8.42 Å². The van der Waals surface area contributed by atoms with Gasteiger partial charge < -0.3 is 5.73 Å². The quantitative estimate of drug-likeness (QED) is 0.808. The molecule has 0 spiro atoms. The average Bonchev–Trinajstić information content (AvgIpc) is 2.37. The number of hydrogen-bond acceptors (Lipinski definition) is 3.